The van der Waals surface area contributed by atoms with Gasteiger partial charge in [-0.2, -0.15) is 0 Å². The molecule has 0 spiro atoms. The summed E-state index contributed by atoms with van der Waals surface area (Å²) in [7, 11) is 0. The molecule has 1 aliphatic rings. The largest absolute Gasteiger partial charge is 0.501 e. The van der Waals surface area contributed by atoms with Crippen LogP contribution in [0, 0.1) is 0 Å². The lowest BCUT2D eigenvalue weighted by molar-refractivity contribution is -0.115. The fraction of sp³-hybridized carbons (Fsp3) is 0.688. The molecule has 0 atom stereocenters. The summed E-state index contributed by atoms with van der Waals surface area (Å²) in [6.07, 6.45) is 3.25. The predicted octanol–water partition coefficient (Wildman–Crippen LogP) is 1.76. The van der Waals surface area contributed by atoms with Gasteiger partial charge in [-0.05, 0) is 40.5 Å². The number of rotatable bonds is 4. The topological polar surface area (TPSA) is 97.0 Å². The molecule has 1 saturated heterocycles. The molecular formula is C16H27N3O5. The van der Waals surface area contributed by atoms with Gasteiger partial charge in [-0.3, -0.25) is 10.1 Å². The molecule has 0 aromatic carbocycles. The van der Waals surface area contributed by atoms with E-state index in [-0.39, 0.29) is 12.1 Å². The summed E-state index contributed by atoms with van der Waals surface area (Å²) in [5.74, 6) is -0.549. The van der Waals surface area contributed by atoms with Crippen LogP contribution in [0.2, 0.25) is 0 Å². The van der Waals surface area contributed by atoms with Crippen LogP contribution in [0.1, 0.15) is 40.5 Å². The van der Waals surface area contributed by atoms with Gasteiger partial charge in [-0.1, -0.05) is 0 Å². The second-order valence-electron chi connectivity index (χ2n) is 6.46. The first-order valence-electron chi connectivity index (χ1n) is 8.09. The van der Waals surface area contributed by atoms with E-state index in [1.807, 2.05) is 20.8 Å². The van der Waals surface area contributed by atoms with Crippen molar-refractivity contribution in [3.8, 4) is 0 Å². The van der Waals surface area contributed by atoms with E-state index in [4.69, 9.17) is 9.47 Å². The number of ether oxygens (including phenoxy) is 2. The van der Waals surface area contributed by atoms with E-state index in [0.29, 0.717) is 32.5 Å². The number of hydrogen-bond acceptors (Lipinski definition) is 5. The molecule has 1 rings (SSSR count). The highest BCUT2D eigenvalue weighted by Crippen LogP contribution is 2.15. The lowest BCUT2D eigenvalue weighted by atomic mass is 10.1. The van der Waals surface area contributed by atoms with E-state index in [2.05, 4.69) is 10.6 Å². The summed E-state index contributed by atoms with van der Waals surface area (Å²) < 4.78 is 10.2. The number of nitrogens with zero attached hydrogens (tertiary/aromatic N) is 1. The van der Waals surface area contributed by atoms with E-state index >= 15 is 0 Å². The third-order valence-electron chi connectivity index (χ3n) is 3.20. The lowest BCUT2D eigenvalue weighted by Gasteiger charge is -2.33. The van der Waals surface area contributed by atoms with Crippen LogP contribution < -0.4 is 10.6 Å². The van der Waals surface area contributed by atoms with Crippen LogP contribution in [-0.2, 0) is 14.3 Å². The molecule has 1 fully saturated rings. The molecule has 0 aromatic heterocycles. The maximum absolute atomic E-state index is 12.0. The van der Waals surface area contributed by atoms with Crippen molar-refractivity contribution in [3.63, 3.8) is 0 Å². The summed E-state index contributed by atoms with van der Waals surface area (Å²) in [5, 5.41) is 4.91. The minimum absolute atomic E-state index is 0.0904. The van der Waals surface area contributed by atoms with E-state index in [0.717, 1.165) is 6.08 Å². The Labute approximate surface area is 142 Å². The number of likely N-dealkylation sites (tertiary alicyclic amines) is 1. The average Bonchev–Trinajstić information content (AvgIpc) is 2.46. The van der Waals surface area contributed by atoms with Gasteiger partial charge in [0.1, 0.15) is 5.60 Å². The van der Waals surface area contributed by atoms with Crippen LogP contribution in [0.5, 0.6) is 0 Å². The highest BCUT2D eigenvalue weighted by atomic mass is 16.6. The van der Waals surface area contributed by atoms with E-state index in [9.17, 15) is 14.4 Å². The number of amides is 4. The van der Waals surface area contributed by atoms with Crippen molar-refractivity contribution in [1.82, 2.24) is 15.5 Å². The molecule has 0 aromatic rings. The normalized spacial score (nSPS) is 15.9. The fourth-order valence-corrected chi connectivity index (χ4v) is 2.11. The maximum atomic E-state index is 12.0. The Morgan fingerprint density at radius 1 is 1.21 bits per heavy atom. The predicted molar refractivity (Wildman–Crippen MR) is 88.3 cm³/mol. The monoisotopic (exact) mass is 341 g/mol. The van der Waals surface area contributed by atoms with E-state index in [1.165, 1.54) is 6.26 Å². The second kappa shape index (κ2) is 9.14. The molecular weight excluding hydrogens is 314 g/mol. The highest BCUT2D eigenvalue weighted by molar-refractivity contribution is 6.00. The van der Waals surface area contributed by atoms with Crippen molar-refractivity contribution < 1.29 is 23.9 Å². The highest BCUT2D eigenvalue weighted by Gasteiger charge is 2.27. The van der Waals surface area contributed by atoms with Gasteiger partial charge in [0.25, 0.3) is 5.91 Å². The zero-order chi connectivity index (χ0) is 18.2. The molecule has 1 aliphatic heterocycles. The smallest absolute Gasteiger partial charge is 0.410 e. The number of urea groups is 1. The standard InChI is InChI=1S/C16H27N3O5/c1-5-23-11-8-13(20)18-14(21)17-12-6-9-19(10-7-12)15(22)24-16(2,3)4/h8,11-12H,5-7,9-10H2,1-4H3,(H2,17,18,20,21). The van der Waals surface area contributed by atoms with Crippen molar-refractivity contribution in [2.45, 2.75) is 52.2 Å². The fourth-order valence-electron chi connectivity index (χ4n) is 2.11. The summed E-state index contributed by atoms with van der Waals surface area (Å²) in [4.78, 5) is 36.7. The average molecular weight is 341 g/mol. The van der Waals surface area contributed by atoms with Crippen molar-refractivity contribution in [2.75, 3.05) is 19.7 Å². The number of carbonyl (C=O) groups excluding carboxylic acids is 3. The molecule has 0 radical (unpaired) electrons. The van der Waals surface area contributed by atoms with Crippen molar-refractivity contribution in [2.24, 2.45) is 0 Å². The molecule has 1 heterocycles. The lowest BCUT2D eigenvalue weighted by Crippen LogP contribution is -2.50. The third kappa shape index (κ3) is 7.85. The number of hydrogen-bond donors (Lipinski definition) is 2. The number of imide groups is 1. The van der Waals surface area contributed by atoms with Gasteiger partial charge in [-0.15, -0.1) is 0 Å². The first-order chi connectivity index (χ1) is 11.2. The second-order valence-corrected chi connectivity index (χ2v) is 6.46. The molecule has 0 aliphatic carbocycles. The zero-order valence-corrected chi connectivity index (χ0v) is 14.8. The van der Waals surface area contributed by atoms with Crippen LogP contribution in [0.25, 0.3) is 0 Å². The van der Waals surface area contributed by atoms with Gasteiger partial charge in [0.05, 0.1) is 12.9 Å². The summed E-state index contributed by atoms with van der Waals surface area (Å²) in [6, 6.07) is -0.649. The van der Waals surface area contributed by atoms with Gasteiger partial charge < -0.3 is 19.7 Å². The molecule has 0 unspecified atom stereocenters. The van der Waals surface area contributed by atoms with Gasteiger partial charge in [0.2, 0.25) is 0 Å². The first-order valence-corrected chi connectivity index (χ1v) is 8.09. The Balaban J connectivity index is 2.31. The number of piperidine rings is 1. The number of carbonyl (C=O) groups is 3. The summed E-state index contributed by atoms with van der Waals surface area (Å²) >= 11 is 0. The van der Waals surface area contributed by atoms with Crippen LogP contribution in [0.4, 0.5) is 9.59 Å². The molecule has 8 nitrogen and oxygen atoms in total. The Bertz CT molecular complexity index is 477. The molecule has 2 N–H and O–H groups in total. The minimum atomic E-state index is -0.558. The molecule has 4 amide bonds. The maximum Gasteiger partial charge on any atom is 0.410 e. The third-order valence-corrected chi connectivity index (χ3v) is 3.20. The molecule has 0 saturated carbocycles. The van der Waals surface area contributed by atoms with Gasteiger partial charge >= 0.3 is 12.1 Å². The van der Waals surface area contributed by atoms with E-state index < -0.39 is 17.5 Å². The molecule has 0 bridgehead atoms. The summed E-state index contributed by atoms with van der Waals surface area (Å²) in [5.41, 5.74) is -0.526. The Morgan fingerprint density at radius 3 is 2.38 bits per heavy atom. The van der Waals surface area contributed by atoms with Crippen LogP contribution in [0.15, 0.2) is 12.3 Å². The Kier molecular flexibility index (Phi) is 7.54. The number of nitrogens with one attached hydrogen (secondary N) is 2. The van der Waals surface area contributed by atoms with Crippen molar-refractivity contribution in [1.29, 1.82) is 0 Å². The zero-order valence-electron chi connectivity index (χ0n) is 14.8. The quantitative estimate of drug-likeness (QED) is 0.600. The van der Waals surface area contributed by atoms with Gasteiger partial charge in [0.15, 0.2) is 0 Å². The molecule has 136 valence electrons. The minimum Gasteiger partial charge on any atom is -0.501 e. The van der Waals surface area contributed by atoms with Crippen LogP contribution in [-0.4, -0.2) is 54.3 Å². The Morgan fingerprint density at radius 2 is 1.83 bits per heavy atom. The molecule has 24 heavy (non-hydrogen) atoms. The van der Waals surface area contributed by atoms with Gasteiger partial charge in [-0.25, -0.2) is 9.59 Å². The molecule has 8 heteroatoms. The Hall–Kier alpha value is -2.25. The van der Waals surface area contributed by atoms with Crippen molar-refractivity contribution in [3.05, 3.63) is 12.3 Å². The van der Waals surface area contributed by atoms with Crippen LogP contribution in [0.3, 0.4) is 0 Å². The van der Waals surface area contributed by atoms with Crippen molar-refractivity contribution >= 4 is 18.0 Å². The first kappa shape index (κ1) is 19.8. The van der Waals surface area contributed by atoms with E-state index in [1.54, 1.807) is 11.8 Å². The summed E-state index contributed by atoms with van der Waals surface area (Å²) in [6.45, 7) is 8.70. The SMILES string of the molecule is CCOC=CC(=O)NC(=O)NC1CCN(C(=O)OC(C)(C)C)CC1. The van der Waals surface area contributed by atoms with Gasteiger partial charge in [0, 0.05) is 25.2 Å². The van der Waals surface area contributed by atoms with Crippen LogP contribution >= 0.6 is 0 Å².